The fourth-order valence-electron chi connectivity index (χ4n) is 3.16. The zero-order chi connectivity index (χ0) is 18.3. The Hall–Kier alpha value is -2.92. The molecule has 4 nitrogen and oxygen atoms in total. The molecule has 0 spiro atoms. The fourth-order valence-corrected chi connectivity index (χ4v) is 3.52. The standard InChI is InChI=1S/C21H15BrN2O2/c1-13-16(9-10-24(13)15-5-3-2-4-6-15)20-12-18(21(25)26)17-11-14(22)7-8-19(17)23-20/h2-12H,1H3,(H,25,26). The molecule has 1 N–H and O–H groups in total. The summed E-state index contributed by atoms with van der Waals surface area (Å²) in [6, 6.07) is 19.1. The highest BCUT2D eigenvalue weighted by molar-refractivity contribution is 9.10. The van der Waals surface area contributed by atoms with E-state index < -0.39 is 5.97 Å². The highest BCUT2D eigenvalue weighted by atomic mass is 79.9. The predicted molar refractivity (Wildman–Crippen MR) is 106 cm³/mol. The molecule has 0 fully saturated rings. The van der Waals surface area contributed by atoms with Crippen LogP contribution >= 0.6 is 15.9 Å². The van der Waals surface area contributed by atoms with E-state index in [4.69, 9.17) is 4.98 Å². The van der Waals surface area contributed by atoms with Crippen molar-refractivity contribution in [3.8, 4) is 16.9 Å². The SMILES string of the molecule is Cc1c(-c2cc(C(=O)O)c3cc(Br)ccc3n2)ccn1-c1ccccc1. The number of benzene rings is 2. The van der Waals surface area contributed by atoms with Crippen LogP contribution in [-0.2, 0) is 0 Å². The maximum atomic E-state index is 11.8. The van der Waals surface area contributed by atoms with Crippen LogP contribution in [0.4, 0.5) is 0 Å². The Kier molecular flexibility index (Phi) is 4.09. The minimum Gasteiger partial charge on any atom is -0.478 e. The van der Waals surface area contributed by atoms with E-state index >= 15 is 0 Å². The van der Waals surface area contributed by atoms with E-state index in [0.29, 0.717) is 16.6 Å². The van der Waals surface area contributed by atoms with Gasteiger partial charge in [-0.1, -0.05) is 34.1 Å². The Bertz CT molecular complexity index is 1130. The molecule has 5 heteroatoms. The van der Waals surface area contributed by atoms with Gasteiger partial charge in [0.15, 0.2) is 0 Å². The molecule has 0 aliphatic carbocycles. The van der Waals surface area contributed by atoms with Crippen molar-refractivity contribution in [2.75, 3.05) is 0 Å². The first-order valence-electron chi connectivity index (χ1n) is 8.12. The van der Waals surface area contributed by atoms with Gasteiger partial charge in [0, 0.05) is 33.0 Å². The van der Waals surface area contributed by atoms with Crippen molar-refractivity contribution in [1.29, 1.82) is 0 Å². The van der Waals surface area contributed by atoms with Gasteiger partial charge in [-0.3, -0.25) is 0 Å². The van der Waals surface area contributed by atoms with Crippen molar-refractivity contribution < 1.29 is 9.90 Å². The van der Waals surface area contributed by atoms with Gasteiger partial charge in [-0.25, -0.2) is 9.78 Å². The molecule has 128 valence electrons. The zero-order valence-corrected chi connectivity index (χ0v) is 15.6. The highest BCUT2D eigenvalue weighted by Gasteiger charge is 2.16. The molecule has 0 aliphatic heterocycles. The Morgan fingerprint density at radius 3 is 2.58 bits per heavy atom. The third-order valence-corrected chi connectivity index (χ3v) is 4.95. The Labute approximate surface area is 158 Å². The minimum atomic E-state index is -0.961. The molecule has 0 amide bonds. The second-order valence-electron chi connectivity index (χ2n) is 6.04. The van der Waals surface area contributed by atoms with Crippen molar-refractivity contribution in [3.63, 3.8) is 0 Å². The van der Waals surface area contributed by atoms with Crippen LogP contribution in [0, 0.1) is 6.92 Å². The fraction of sp³-hybridized carbons (Fsp3) is 0.0476. The second-order valence-corrected chi connectivity index (χ2v) is 6.96. The van der Waals surface area contributed by atoms with E-state index in [9.17, 15) is 9.90 Å². The monoisotopic (exact) mass is 406 g/mol. The van der Waals surface area contributed by atoms with Crippen molar-refractivity contribution in [2.24, 2.45) is 0 Å². The lowest BCUT2D eigenvalue weighted by atomic mass is 10.0. The molecule has 0 saturated heterocycles. The smallest absolute Gasteiger partial charge is 0.336 e. The molecule has 2 aromatic carbocycles. The number of aromatic carboxylic acids is 1. The van der Waals surface area contributed by atoms with Gasteiger partial charge in [-0.15, -0.1) is 0 Å². The number of aromatic nitrogens is 2. The van der Waals surface area contributed by atoms with E-state index in [2.05, 4.69) is 20.5 Å². The van der Waals surface area contributed by atoms with Gasteiger partial charge in [-0.2, -0.15) is 0 Å². The van der Waals surface area contributed by atoms with Crippen LogP contribution in [-0.4, -0.2) is 20.6 Å². The van der Waals surface area contributed by atoms with E-state index in [-0.39, 0.29) is 5.56 Å². The minimum absolute atomic E-state index is 0.248. The molecule has 2 heterocycles. The zero-order valence-electron chi connectivity index (χ0n) is 14.0. The Morgan fingerprint density at radius 1 is 1.08 bits per heavy atom. The van der Waals surface area contributed by atoms with Gasteiger partial charge in [0.2, 0.25) is 0 Å². The molecule has 0 atom stereocenters. The lowest BCUT2D eigenvalue weighted by Crippen LogP contribution is -2.01. The van der Waals surface area contributed by atoms with Crippen LogP contribution in [0.5, 0.6) is 0 Å². The first kappa shape index (κ1) is 16.5. The number of carboxylic acid groups (broad SMARTS) is 1. The summed E-state index contributed by atoms with van der Waals surface area (Å²) in [6.45, 7) is 2.01. The largest absolute Gasteiger partial charge is 0.478 e. The maximum Gasteiger partial charge on any atom is 0.336 e. The Balaban J connectivity index is 1.92. The number of rotatable bonds is 3. The van der Waals surface area contributed by atoms with Gasteiger partial charge < -0.3 is 9.67 Å². The summed E-state index contributed by atoms with van der Waals surface area (Å²) in [6.07, 6.45) is 1.98. The first-order valence-corrected chi connectivity index (χ1v) is 8.91. The van der Waals surface area contributed by atoms with Gasteiger partial charge in [0.1, 0.15) is 0 Å². The molecular formula is C21H15BrN2O2. The number of carbonyl (C=O) groups is 1. The quantitative estimate of drug-likeness (QED) is 0.491. The summed E-state index contributed by atoms with van der Waals surface area (Å²) < 4.78 is 2.90. The third kappa shape index (κ3) is 2.80. The van der Waals surface area contributed by atoms with Crippen molar-refractivity contribution in [2.45, 2.75) is 6.92 Å². The van der Waals surface area contributed by atoms with Gasteiger partial charge in [0.25, 0.3) is 0 Å². The van der Waals surface area contributed by atoms with Crippen molar-refractivity contribution in [3.05, 3.63) is 82.6 Å². The number of carboxylic acids is 1. The normalized spacial score (nSPS) is 11.0. The molecule has 0 unspecified atom stereocenters. The lowest BCUT2D eigenvalue weighted by Gasteiger charge is -2.09. The summed E-state index contributed by atoms with van der Waals surface area (Å²) in [7, 11) is 0. The number of halogens is 1. The van der Waals surface area contributed by atoms with E-state index in [1.54, 1.807) is 12.1 Å². The van der Waals surface area contributed by atoms with Crippen molar-refractivity contribution >= 4 is 32.8 Å². The van der Waals surface area contributed by atoms with Crippen LogP contribution in [0.1, 0.15) is 16.1 Å². The van der Waals surface area contributed by atoms with Gasteiger partial charge in [-0.05, 0) is 49.4 Å². The van der Waals surface area contributed by atoms with Gasteiger partial charge in [0.05, 0.1) is 16.8 Å². The third-order valence-electron chi connectivity index (χ3n) is 4.45. The van der Waals surface area contributed by atoms with Crippen LogP contribution in [0.15, 0.2) is 71.3 Å². The number of hydrogen-bond acceptors (Lipinski definition) is 2. The Morgan fingerprint density at radius 2 is 1.85 bits per heavy atom. The average molecular weight is 407 g/mol. The molecule has 0 saturated carbocycles. The molecule has 0 radical (unpaired) electrons. The van der Waals surface area contributed by atoms with E-state index in [0.717, 1.165) is 21.4 Å². The van der Waals surface area contributed by atoms with Crippen LogP contribution in [0.3, 0.4) is 0 Å². The summed E-state index contributed by atoms with van der Waals surface area (Å²) in [5.41, 5.74) is 4.55. The van der Waals surface area contributed by atoms with Crippen LogP contribution in [0.2, 0.25) is 0 Å². The average Bonchev–Trinajstić information content (AvgIpc) is 3.03. The number of pyridine rings is 1. The maximum absolute atomic E-state index is 11.8. The summed E-state index contributed by atoms with van der Waals surface area (Å²) in [5.74, 6) is -0.961. The molecule has 26 heavy (non-hydrogen) atoms. The highest BCUT2D eigenvalue weighted by Crippen LogP contribution is 2.30. The number of hydrogen-bond donors (Lipinski definition) is 1. The topological polar surface area (TPSA) is 55.1 Å². The number of para-hydroxylation sites is 1. The molecule has 4 aromatic rings. The molecule has 4 rings (SSSR count). The van der Waals surface area contributed by atoms with E-state index in [1.165, 1.54) is 0 Å². The molecule has 2 aromatic heterocycles. The molecular weight excluding hydrogens is 392 g/mol. The summed E-state index contributed by atoms with van der Waals surface area (Å²) in [5, 5.41) is 10.3. The first-order chi connectivity index (χ1) is 12.5. The lowest BCUT2D eigenvalue weighted by molar-refractivity contribution is 0.0699. The van der Waals surface area contributed by atoms with E-state index in [1.807, 2.05) is 61.7 Å². The molecule has 0 bridgehead atoms. The summed E-state index contributed by atoms with van der Waals surface area (Å²) >= 11 is 3.40. The number of fused-ring (bicyclic) bond motifs is 1. The van der Waals surface area contributed by atoms with Crippen molar-refractivity contribution in [1.82, 2.24) is 9.55 Å². The summed E-state index contributed by atoms with van der Waals surface area (Å²) in [4.78, 5) is 16.5. The predicted octanol–water partition coefficient (Wildman–Crippen LogP) is 5.46. The van der Waals surface area contributed by atoms with Gasteiger partial charge >= 0.3 is 5.97 Å². The van der Waals surface area contributed by atoms with Crippen LogP contribution in [0.25, 0.3) is 27.8 Å². The number of nitrogens with zero attached hydrogens (tertiary/aromatic N) is 2. The van der Waals surface area contributed by atoms with Crippen LogP contribution < -0.4 is 0 Å². The molecule has 0 aliphatic rings. The second kappa shape index (κ2) is 6.42.